The van der Waals surface area contributed by atoms with Crippen molar-refractivity contribution in [3.63, 3.8) is 0 Å². The van der Waals surface area contributed by atoms with Crippen molar-refractivity contribution < 1.29 is 9.84 Å². The van der Waals surface area contributed by atoms with Crippen molar-refractivity contribution in [1.82, 2.24) is 0 Å². The molecule has 0 heterocycles. The molecule has 4 heteroatoms. The molecule has 4 nitrogen and oxygen atoms in total. The van der Waals surface area contributed by atoms with Gasteiger partial charge in [-0.25, -0.2) is 0 Å². The van der Waals surface area contributed by atoms with Gasteiger partial charge in [0, 0.05) is 13.0 Å². The number of hydrogen-bond acceptors (Lipinski definition) is 4. The Labute approximate surface area is 82.5 Å². The lowest BCUT2D eigenvalue weighted by molar-refractivity contribution is 0.233. The fraction of sp³-hybridized carbons (Fsp3) is 0.300. The first-order valence-electron chi connectivity index (χ1n) is 4.32. The number of nitrogens with zero attached hydrogens (tertiary/aromatic N) is 1. The van der Waals surface area contributed by atoms with Crippen LogP contribution in [0.15, 0.2) is 18.2 Å². The molecule has 0 aliphatic heterocycles. The Bertz CT molecular complexity index is 344. The third-order valence-corrected chi connectivity index (χ3v) is 1.73. The van der Waals surface area contributed by atoms with Crippen molar-refractivity contribution in [2.45, 2.75) is 6.42 Å². The Kier molecular flexibility index (Phi) is 3.77. The molecule has 0 unspecified atom stereocenters. The standard InChI is InChI=1S/C10H12N2O2/c11-7-8-9(12)3-1-4-10(8)14-6-2-5-13/h1,3-4,13H,2,5-6,12H2. The van der Waals surface area contributed by atoms with Crippen LogP contribution in [0.2, 0.25) is 0 Å². The van der Waals surface area contributed by atoms with E-state index in [1.165, 1.54) is 0 Å². The summed E-state index contributed by atoms with van der Waals surface area (Å²) >= 11 is 0. The second-order valence-corrected chi connectivity index (χ2v) is 2.76. The predicted molar refractivity (Wildman–Crippen MR) is 52.8 cm³/mol. The van der Waals surface area contributed by atoms with E-state index >= 15 is 0 Å². The van der Waals surface area contributed by atoms with Crippen LogP contribution in [0, 0.1) is 11.3 Å². The molecule has 0 spiro atoms. The highest BCUT2D eigenvalue weighted by Crippen LogP contribution is 2.23. The fourth-order valence-electron chi connectivity index (χ4n) is 1.03. The van der Waals surface area contributed by atoms with Gasteiger partial charge in [0.1, 0.15) is 17.4 Å². The summed E-state index contributed by atoms with van der Waals surface area (Å²) in [5, 5.41) is 17.4. The zero-order chi connectivity index (χ0) is 10.4. The van der Waals surface area contributed by atoms with Crippen LogP contribution < -0.4 is 10.5 Å². The van der Waals surface area contributed by atoms with Crippen LogP contribution in [0.4, 0.5) is 5.69 Å². The molecule has 0 aliphatic rings. The average molecular weight is 192 g/mol. The number of nitrogen functional groups attached to an aromatic ring is 1. The van der Waals surface area contributed by atoms with E-state index in [4.69, 9.17) is 20.8 Å². The first-order chi connectivity index (χ1) is 6.79. The van der Waals surface area contributed by atoms with E-state index in [0.29, 0.717) is 30.0 Å². The van der Waals surface area contributed by atoms with E-state index in [2.05, 4.69) is 0 Å². The van der Waals surface area contributed by atoms with Crippen molar-refractivity contribution in [1.29, 1.82) is 5.26 Å². The molecule has 0 bridgehead atoms. The van der Waals surface area contributed by atoms with Crippen LogP contribution in [0.25, 0.3) is 0 Å². The number of nitriles is 1. The summed E-state index contributed by atoms with van der Waals surface area (Å²) in [6, 6.07) is 7.04. The van der Waals surface area contributed by atoms with Crippen molar-refractivity contribution in [2.75, 3.05) is 18.9 Å². The maximum absolute atomic E-state index is 8.80. The summed E-state index contributed by atoms with van der Waals surface area (Å²) in [5.74, 6) is 0.473. The van der Waals surface area contributed by atoms with Gasteiger partial charge in [0.25, 0.3) is 0 Å². The van der Waals surface area contributed by atoms with E-state index < -0.39 is 0 Å². The zero-order valence-corrected chi connectivity index (χ0v) is 7.73. The lowest BCUT2D eigenvalue weighted by Gasteiger charge is -2.07. The van der Waals surface area contributed by atoms with Crippen molar-refractivity contribution >= 4 is 5.69 Å². The molecule has 1 aromatic carbocycles. The minimum atomic E-state index is 0.0736. The van der Waals surface area contributed by atoms with Gasteiger partial charge >= 0.3 is 0 Å². The van der Waals surface area contributed by atoms with Gasteiger partial charge in [-0.1, -0.05) is 6.07 Å². The molecule has 0 atom stereocenters. The predicted octanol–water partition coefficient (Wildman–Crippen LogP) is 0.902. The minimum Gasteiger partial charge on any atom is -0.492 e. The monoisotopic (exact) mass is 192 g/mol. The van der Waals surface area contributed by atoms with E-state index in [1.54, 1.807) is 18.2 Å². The highest BCUT2D eigenvalue weighted by Gasteiger charge is 2.05. The first kappa shape index (κ1) is 10.4. The molecule has 0 saturated heterocycles. The number of benzene rings is 1. The second kappa shape index (κ2) is 5.10. The lowest BCUT2D eigenvalue weighted by Crippen LogP contribution is -2.02. The molecule has 0 amide bonds. The normalized spacial score (nSPS) is 9.43. The van der Waals surface area contributed by atoms with Crippen LogP contribution in [-0.2, 0) is 0 Å². The molecular weight excluding hydrogens is 180 g/mol. The van der Waals surface area contributed by atoms with Crippen molar-refractivity contribution in [3.05, 3.63) is 23.8 Å². The van der Waals surface area contributed by atoms with Gasteiger partial charge in [0.2, 0.25) is 0 Å². The quantitative estimate of drug-likeness (QED) is 0.548. The lowest BCUT2D eigenvalue weighted by atomic mass is 10.2. The molecular formula is C10H12N2O2. The highest BCUT2D eigenvalue weighted by molar-refractivity contribution is 5.60. The van der Waals surface area contributed by atoms with Crippen LogP contribution in [-0.4, -0.2) is 18.3 Å². The van der Waals surface area contributed by atoms with Gasteiger partial charge < -0.3 is 15.6 Å². The summed E-state index contributed by atoms with van der Waals surface area (Å²) in [4.78, 5) is 0. The molecule has 0 saturated carbocycles. The van der Waals surface area contributed by atoms with E-state index in [0.717, 1.165) is 0 Å². The molecule has 3 N–H and O–H groups in total. The largest absolute Gasteiger partial charge is 0.492 e. The number of anilines is 1. The highest BCUT2D eigenvalue weighted by atomic mass is 16.5. The van der Waals surface area contributed by atoms with E-state index in [1.807, 2.05) is 6.07 Å². The molecule has 0 fully saturated rings. The van der Waals surface area contributed by atoms with Crippen molar-refractivity contribution in [3.8, 4) is 11.8 Å². The van der Waals surface area contributed by atoms with E-state index in [9.17, 15) is 0 Å². The molecule has 0 radical (unpaired) electrons. The number of hydrogen-bond donors (Lipinski definition) is 2. The summed E-state index contributed by atoms with van der Waals surface area (Å²) in [7, 11) is 0. The minimum absolute atomic E-state index is 0.0736. The summed E-state index contributed by atoms with van der Waals surface area (Å²) < 4.78 is 5.29. The van der Waals surface area contributed by atoms with Crippen molar-refractivity contribution in [2.24, 2.45) is 0 Å². The number of ether oxygens (including phenoxy) is 1. The molecule has 74 valence electrons. The third kappa shape index (κ3) is 2.38. The van der Waals surface area contributed by atoms with Gasteiger partial charge in [-0.3, -0.25) is 0 Å². The van der Waals surface area contributed by atoms with Crippen LogP contribution in [0.5, 0.6) is 5.75 Å². The maximum Gasteiger partial charge on any atom is 0.139 e. The van der Waals surface area contributed by atoms with Gasteiger partial charge in [-0.2, -0.15) is 5.26 Å². The van der Waals surface area contributed by atoms with Crippen LogP contribution in [0.1, 0.15) is 12.0 Å². The Morgan fingerprint density at radius 1 is 1.50 bits per heavy atom. The van der Waals surface area contributed by atoms with Gasteiger partial charge in [0.15, 0.2) is 0 Å². The molecule has 1 aromatic rings. The third-order valence-electron chi connectivity index (χ3n) is 1.73. The maximum atomic E-state index is 8.80. The van der Waals surface area contributed by atoms with Gasteiger partial charge in [0.05, 0.1) is 12.3 Å². The number of aliphatic hydroxyl groups excluding tert-OH is 1. The van der Waals surface area contributed by atoms with Crippen LogP contribution >= 0.6 is 0 Å². The number of rotatable bonds is 4. The second-order valence-electron chi connectivity index (χ2n) is 2.76. The molecule has 1 rings (SSSR count). The van der Waals surface area contributed by atoms with E-state index in [-0.39, 0.29) is 6.61 Å². The Morgan fingerprint density at radius 2 is 2.29 bits per heavy atom. The molecule has 0 aromatic heterocycles. The van der Waals surface area contributed by atoms with Gasteiger partial charge in [-0.05, 0) is 12.1 Å². The molecule has 0 aliphatic carbocycles. The Balaban J connectivity index is 2.76. The average Bonchev–Trinajstić information content (AvgIpc) is 2.18. The number of nitrogens with two attached hydrogens (primary N) is 1. The van der Waals surface area contributed by atoms with Crippen LogP contribution in [0.3, 0.4) is 0 Å². The Hall–Kier alpha value is -1.73. The summed E-state index contributed by atoms with van der Waals surface area (Å²) in [6.45, 7) is 0.457. The first-order valence-corrected chi connectivity index (χ1v) is 4.32. The summed E-state index contributed by atoms with van der Waals surface area (Å²) in [5.41, 5.74) is 6.35. The Morgan fingerprint density at radius 3 is 2.93 bits per heavy atom. The smallest absolute Gasteiger partial charge is 0.139 e. The fourth-order valence-corrected chi connectivity index (χ4v) is 1.03. The number of aliphatic hydroxyl groups is 1. The van der Waals surface area contributed by atoms with Gasteiger partial charge in [-0.15, -0.1) is 0 Å². The zero-order valence-electron chi connectivity index (χ0n) is 7.73. The molecule has 14 heavy (non-hydrogen) atoms. The topological polar surface area (TPSA) is 79.3 Å². The SMILES string of the molecule is N#Cc1c(N)cccc1OCCCO. The summed E-state index contributed by atoms with van der Waals surface area (Å²) in [6.07, 6.45) is 0.541.